The number of methoxy groups -OCH3 is 2. The predicted molar refractivity (Wildman–Crippen MR) is 115 cm³/mol. The molecule has 0 atom stereocenters. The van der Waals surface area contributed by atoms with Crippen LogP contribution < -0.4 is 19.7 Å². The van der Waals surface area contributed by atoms with Crippen LogP contribution in [0.15, 0.2) is 53.6 Å². The van der Waals surface area contributed by atoms with Gasteiger partial charge in [0.2, 0.25) is 5.95 Å². The number of hydrogen-bond acceptors (Lipinski definition) is 8. The van der Waals surface area contributed by atoms with Gasteiger partial charge in [-0.1, -0.05) is 0 Å². The van der Waals surface area contributed by atoms with Crippen molar-refractivity contribution < 1.29 is 17.9 Å². The number of anilines is 4. The Balaban J connectivity index is 1.62. The number of rotatable bonds is 6. The second-order valence-electron chi connectivity index (χ2n) is 6.90. The quantitative estimate of drug-likeness (QED) is 0.642. The molecule has 0 saturated carbocycles. The fourth-order valence-electron chi connectivity index (χ4n) is 3.35. The van der Waals surface area contributed by atoms with Crippen LogP contribution in [0.2, 0.25) is 0 Å². The van der Waals surface area contributed by atoms with Crippen LogP contribution in [0.4, 0.5) is 23.1 Å². The van der Waals surface area contributed by atoms with Gasteiger partial charge in [-0.25, -0.2) is 13.4 Å². The van der Waals surface area contributed by atoms with Gasteiger partial charge < -0.3 is 19.7 Å². The van der Waals surface area contributed by atoms with Crippen LogP contribution in [-0.2, 0) is 16.3 Å². The van der Waals surface area contributed by atoms with Crippen LogP contribution in [0, 0.1) is 0 Å². The summed E-state index contributed by atoms with van der Waals surface area (Å²) < 4.78 is 34.1. The van der Waals surface area contributed by atoms with Gasteiger partial charge in [0, 0.05) is 36.3 Å². The van der Waals surface area contributed by atoms with E-state index in [0.717, 1.165) is 35.7 Å². The van der Waals surface area contributed by atoms with E-state index in [1.807, 2.05) is 18.3 Å². The van der Waals surface area contributed by atoms with Crippen LogP contribution in [-0.4, -0.2) is 45.4 Å². The molecule has 1 aromatic heterocycles. The second-order valence-corrected chi connectivity index (χ2v) is 8.92. The number of benzene rings is 2. The molecule has 0 aliphatic carbocycles. The molecular weight excluding hydrogens is 404 g/mol. The molecule has 8 nitrogen and oxygen atoms in total. The molecule has 156 valence electrons. The highest BCUT2D eigenvalue weighted by atomic mass is 32.2. The molecule has 0 unspecified atom stereocenters. The predicted octanol–water partition coefficient (Wildman–Crippen LogP) is 3.34. The lowest BCUT2D eigenvalue weighted by atomic mass is 10.2. The van der Waals surface area contributed by atoms with Crippen LogP contribution >= 0.6 is 0 Å². The van der Waals surface area contributed by atoms with Crippen molar-refractivity contribution >= 4 is 33.0 Å². The molecular formula is C21H22N4O4S. The maximum atomic E-state index is 11.7. The van der Waals surface area contributed by atoms with Gasteiger partial charge in [-0.3, -0.25) is 0 Å². The Morgan fingerprint density at radius 3 is 2.50 bits per heavy atom. The molecule has 0 saturated heterocycles. The minimum absolute atomic E-state index is 0.294. The van der Waals surface area contributed by atoms with E-state index in [-0.39, 0.29) is 0 Å². The first-order chi connectivity index (χ1) is 14.4. The fourth-order valence-corrected chi connectivity index (χ4v) is 3.98. The molecule has 30 heavy (non-hydrogen) atoms. The van der Waals surface area contributed by atoms with Gasteiger partial charge >= 0.3 is 0 Å². The highest BCUT2D eigenvalue weighted by Crippen LogP contribution is 2.35. The van der Waals surface area contributed by atoms with Crippen molar-refractivity contribution in [2.24, 2.45) is 0 Å². The summed E-state index contributed by atoms with van der Waals surface area (Å²) in [5.41, 5.74) is 2.64. The van der Waals surface area contributed by atoms with Gasteiger partial charge in [0.15, 0.2) is 9.84 Å². The van der Waals surface area contributed by atoms with Gasteiger partial charge in [-0.05, 0) is 42.8 Å². The Hall–Kier alpha value is -3.33. The van der Waals surface area contributed by atoms with Gasteiger partial charge in [-0.2, -0.15) is 4.98 Å². The van der Waals surface area contributed by atoms with Crippen molar-refractivity contribution in [2.75, 3.05) is 37.2 Å². The maximum Gasteiger partial charge on any atom is 0.229 e. The number of sulfone groups is 1. The largest absolute Gasteiger partial charge is 0.497 e. The molecule has 3 aromatic rings. The van der Waals surface area contributed by atoms with E-state index in [9.17, 15) is 8.42 Å². The van der Waals surface area contributed by atoms with Crippen molar-refractivity contribution in [1.82, 2.24) is 9.97 Å². The Morgan fingerprint density at radius 2 is 1.83 bits per heavy atom. The number of hydrogen-bond donors (Lipinski definition) is 1. The summed E-state index contributed by atoms with van der Waals surface area (Å²) in [4.78, 5) is 11.5. The average molecular weight is 426 g/mol. The Morgan fingerprint density at radius 1 is 1.07 bits per heavy atom. The van der Waals surface area contributed by atoms with Crippen LogP contribution in [0.3, 0.4) is 0 Å². The molecule has 9 heteroatoms. The third-order valence-electron chi connectivity index (χ3n) is 4.93. The molecule has 1 aliphatic rings. The molecule has 2 aromatic carbocycles. The lowest BCUT2D eigenvalue weighted by Gasteiger charge is -2.19. The minimum atomic E-state index is -3.23. The smallest absolute Gasteiger partial charge is 0.229 e. The number of ether oxygens (including phenoxy) is 2. The van der Waals surface area contributed by atoms with Gasteiger partial charge in [0.25, 0.3) is 0 Å². The highest BCUT2D eigenvalue weighted by molar-refractivity contribution is 7.90. The summed E-state index contributed by atoms with van der Waals surface area (Å²) in [7, 11) is -0.0432. The second kappa shape index (κ2) is 7.83. The van der Waals surface area contributed by atoms with E-state index in [0.29, 0.717) is 22.3 Å². The summed E-state index contributed by atoms with van der Waals surface area (Å²) in [6.07, 6.45) is 3.83. The molecule has 4 rings (SSSR count). The van der Waals surface area contributed by atoms with E-state index in [1.54, 1.807) is 44.6 Å². The zero-order chi connectivity index (χ0) is 21.3. The summed E-state index contributed by atoms with van der Waals surface area (Å²) in [5, 5.41) is 3.20. The molecule has 0 bridgehead atoms. The molecule has 1 N–H and O–H groups in total. The molecule has 0 radical (unpaired) electrons. The first kappa shape index (κ1) is 20.0. The monoisotopic (exact) mass is 426 g/mol. The number of aromatic nitrogens is 2. The Bertz CT molecular complexity index is 1180. The highest BCUT2D eigenvalue weighted by Gasteiger charge is 2.24. The minimum Gasteiger partial charge on any atom is -0.497 e. The Labute approximate surface area is 175 Å². The van der Waals surface area contributed by atoms with Crippen molar-refractivity contribution in [3.63, 3.8) is 0 Å². The SMILES string of the molecule is COc1ccc(Nc2ncc3c(n2)N(c2ccc(S(C)(=O)=O)cc2)CC3)c(OC)c1. The zero-order valence-electron chi connectivity index (χ0n) is 16.9. The van der Waals surface area contributed by atoms with E-state index in [1.165, 1.54) is 6.26 Å². The standard InChI is InChI=1S/C21H22N4O4S/c1-28-16-6-9-18(19(12-16)29-2)23-21-22-13-14-10-11-25(20(14)24-21)15-4-7-17(8-5-15)30(3,26)27/h4-9,12-13H,10-11H2,1-3H3,(H,22,23,24). The lowest BCUT2D eigenvalue weighted by Crippen LogP contribution is -2.15. The van der Waals surface area contributed by atoms with Gasteiger partial charge in [-0.15, -0.1) is 0 Å². The van der Waals surface area contributed by atoms with Crippen molar-refractivity contribution in [3.8, 4) is 11.5 Å². The normalized spacial score (nSPS) is 13.1. The first-order valence-corrected chi connectivity index (χ1v) is 11.2. The van der Waals surface area contributed by atoms with E-state index < -0.39 is 9.84 Å². The summed E-state index contributed by atoms with van der Waals surface area (Å²) >= 11 is 0. The van der Waals surface area contributed by atoms with Crippen LogP contribution in [0.5, 0.6) is 11.5 Å². The zero-order valence-corrected chi connectivity index (χ0v) is 17.7. The van der Waals surface area contributed by atoms with Crippen LogP contribution in [0.1, 0.15) is 5.56 Å². The van der Waals surface area contributed by atoms with E-state index >= 15 is 0 Å². The number of nitrogens with zero attached hydrogens (tertiary/aromatic N) is 3. The summed E-state index contributed by atoms with van der Waals surface area (Å²) in [6.45, 7) is 0.748. The molecule has 0 amide bonds. The van der Waals surface area contributed by atoms with Crippen molar-refractivity contribution in [1.29, 1.82) is 0 Å². The third-order valence-corrected chi connectivity index (χ3v) is 6.06. The van der Waals surface area contributed by atoms with E-state index in [2.05, 4.69) is 15.2 Å². The van der Waals surface area contributed by atoms with Crippen molar-refractivity contribution in [2.45, 2.75) is 11.3 Å². The van der Waals surface area contributed by atoms with Crippen LogP contribution in [0.25, 0.3) is 0 Å². The molecule has 0 fully saturated rings. The third kappa shape index (κ3) is 3.88. The lowest BCUT2D eigenvalue weighted by molar-refractivity contribution is 0.395. The average Bonchev–Trinajstić information content (AvgIpc) is 3.16. The summed E-state index contributed by atoms with van der Waals surface area (Å²) in [6, 6.07) is 12.3. The molecule has 2 heterocycles. The first-order valence-electron chi connectivity index (χ1n) is 9.31. The van der Waals surface area contributed by atoms with E-state index in [4.69, 9.17) is 14.5 Å². The van der Waals surface area contributed by atoms with Gasteiger partial charge in [0.1, 0.15) is 17.3 Å². The fraction of sp³-hybridized carbons (Fsp3) is 0.238. The molecule has 0 spiro atoms. The van der Waals surface area contributed by atoms with Gasteiger partial charge in [0.05, 0.1) is 24.8 Å². The maximum absolute atomic E-state index is 11.7. The molecule has 1 aliphatic heterocycles. The van der Waals surface area contributed by atoms with Crippen molar-refractivity contribution in [3.05, 3.63) is 54.2 Å². The summed E-state index contributed by atoms with van der Waals surface area (Å²) in [5.74, 6) is 2.55. The number of fused-ring (bicyclic) bond motifs is 1. The number of nitrogens with one attached hydrogen (secondary N) is 1. The topological polar surface area (TPSA) is 93.6 Å². The Kier molecular flexibility index (Phi) is 5.21.